The van der Waals surface area contributed by atoms with E-state index in [2.05, 4.69) is 15.3 Å². The number of aromatic nitrogens is 2. The van der Waals surface area contributed by atoms with Crippen LogP contribution in [0.1, 0.15) is 21.7 Å². The number of aryl methyl sites for hydroxylation is 1. The number of H-pyrrole nitrogens is 1. The van der Waals surface area contributed by atoms with Crippen molar-refractivity contribution >= 4 is 11.7 Å². The standard InChI is InChI=1S/C12H13N3O2/c1-8-2-3-9(12(16)17)6-10(8)15-7-11-13-4-5-14-11/h2-6,15H,7H2,1H3,(H,13,14)(H,16,17). The van der Waals surface area contributed by atoms with Crippen LogP contribution in [0.25, 0.3) is 0 Å². The van der Waals surface area contributed by atoms with Crippen LogP contribution in [0.4, 0.5) is 5.69 Å². The SMILES string of the molecule is Cc1ccc(C(=O)O)cc1NCc1ncc[nH]1. The van der Waals surface area contributed by atoms with Gasteiger partial charge in [-0.2, -0.15) is 0 Å². The number of nitrogens with zero attached hydrogens (tertiary/aromatic N) is 1. The molecule has 0 aliphatic carbocycles. The molecule has 0 saturated heterocycles. The molecule has 0 atom stereocenters. The summed E-state index contributed by atoms with van der Waals surface area (Å²) in [6.45, 7) is 2.47. The lowest BCUT2D eigenvalue weighted by molar-refractivity contribution is 0.0697. The van der Waals surface area contributed by atoms with Gasteiger partial charge in [0.05, 0.1) is 12.1 Å². The molecule has 0 spiro atoms. The molecule has 17 heavy (non-hydrogen) atoms. The second-order valence-corrected chi connectivity index (χ2v) is 3.72. The Morgan fingerprint density at radius 2 is 2.35 bits per heavy atom. The van der Waals surface area contributed by atoms with Crippen molar-refractivity contribution < 1.29 is 9.90 Å². The lowest BCUT2D eigenvalue weighted by Crippen LogP contribution is -2.04. The first-order valence-electron chi connectivity index (χ1n) is 5.23. The number of aromatic amines is 1. The fraction of sp³-hybridized carbons (Fsp3) is 0.167. The van der Waals surface area contributed by atoms with Crippen LogP contribution in [-0.4, -0.2) is 21.0 Å². The summed E-state index contributed by atoms with van der Waals surface area (Å²) in [5.74, 6) is -0.115. The maximum Gasteiger partial charge on any atom is 0.335 e. The largest absolute Gasteiger partial charge is 0.478 e. The molecule has 2 aromatic rings. The Hall–Kier alpha value is -2.30. The smallest absolute Gasteiger partial charge is 0.335 e. The van der Waals surface area contributed by atoms with E-state index in [9.17, 15) is 4.79 Å². The number of hydrogen-bond acceptors (Lipinski definition) is 3. The fourth-order valence-electron chi connectivity index (χ4n) is 1.52. The highest BCUT2D eigenvalue weighted by Crippen LogP contribution is 2.17. The molecule has 5 nitrogen and oxygen atoms in total. The predicted molar refractivity (Wildman–Crippen MR) is 64.1 cm³/mol. The Morgan fingerprint density at radius 1 is 1.53 bits per heavy atom. The topological polar surface area (TPSA) is 78.0 Å². The number of aromatic carboxylic acids is 1. The number of carboxylic acid groups (broad SMARTS) is 1. The second kappa shape index (κ2) is 4.69. The van der Waals surface area contributed by atoms with Crippen LogP contribution in [0.5, 0.6) is 0 Å². The zero-order valence-corrected chi connectivity index (χ0v) is 9.40. The summed E-state index contributed by atoms with van der Waals surface area (Å²) in [6.07, 6.45) is 3.43. The van der Waals surface area contributed by atoms with E-state index in [-0.39, 0.29) is 5.56 Å². The number of anilines is 1. The number of nitrogens with one attached hydrogen (secondary N) is 2. The molecule has 0 radical (unpaired) electrons. The van der Waals surface area contributed by atoms with Crippen molar-refractivity contribution in [3.63, 3.8) is 0 Å². The maximum absolute atomic E-state index is 10.9. The van der Waals surface area contributed by atoms with Gasteiger partial charge in [0.25, 0.3) is 0 Å². The number of carbonyl (C=O) groups is 1. The number of benzene rings is 1. The normalized spacial score (nSPS) is 10.2. The molecule has 0 amide bonds. The maximum atomic E-state index is 10.9. The highest BCUT2D eigenvalue weighted by Gasteiger charge is 2.06. The average molecular weight is 231 g/mol. The lowest BCUT2D eigenvalue weighted by Gasteiger charge is -2.09. The number of imidazole rings is 1. The molecule has 0 saturated carbocycles. The molecule has 3 N–H and O–H groups in total. The summed E-state index contributed by atoms with van der Waals surface area (Å²) in [4.78, 5) is 17.9. The van der Waals surface area contributed by atoms with Gasteiger partial charge in [0.2, 0.25) is 0 Å². The van der Waals surface area contributed by atoms with E-state index in [4.69, 9.17) is 5.11 Å². The molecule has 1 aromatic heterocycles. The van der Waals surface area contributed by atoms with Gasteiger partial charge in [-0.15, -0.1) is 0 Å². The Balaban J connectivity index is 2.14. The van der Waals surface area contributed by atoms with Gasteiger partial charge >= 0.3 is 5.97 Å². The van der Waals surface area contributed by atoms with E-state index in [0.29, 0.717) is 6.54 Å². The third-order valence-electron chi connectivity index (χ3n) is 2.49. The van der Waals surface area contributed by atoms with E-state index in [1.807, 2.05) is 6.92 Å². The molecule has 0 aliphatic heterocycles. The highest BCUT2D eigenvalue weighted by molar-refractivity contribution is 5.89. The molecule has 0 fully saturated rings. The highest BCUT2D eigenvalue weighted by atomic mass is 16.4. The van der Waals surface area contributed by atoms with Gasteiger partial charge in [0.15, 0.2) is 0 Å². The van der Waals surface area contributed by atoms with Gasteiger partial charge < -0.3 is 15.4 Å². The summed E-state index contributed by atoms with van der Waals surface area (Å²) in [6, 6.07) is 5.00. The number of rotatable bonds is 4. The Kier molecular flexibility index (Phi) is 3.09. The van der Waals surface area contributed by atoms with Crippen LogP contribution in [0.2, 0.25) is 0 Å². The molecule has 2 rings (SSSR count). The summed E-state index contributed by atoms with van der Waals surface area (Å²) in [5, 5.41) is 12.1. The molecular weight excluding hydrogens is 218 g/mol. The lowest BCUT2D eigenvalue weighted by atomic mass is 10.1. The molecule has 0 bridgehead atoms. The quantitative estimate of drug-likeness (QED) is 0.752. The van der Waals surface area contributed by atoms with Crippen LogP contribution in [0.15, 0.2) is 30.6 Å². The Morgan fingerprint density at radius 3 is 3.00 bits per heavy atom. The van der Waals surface area contributed by atoms with Crippen LogP contribution in [-0.2, 0) is 6.54 Å². The van der Waals surface area contributed by atoms with Gasteiger partial charge in [-0.05, 0) is 24.6 Å². The molecule has 1 heterocycles. The minimum absolute atomic E-state index is 0.276. The molecular formula is C12H13N3O2. The first-order valence-corrected chi connectivity index (χ1v) is 5.23. The first-order chi connectivity index (χ1) is 8.16. The Labute approximate surface area is 98.5 Å². The second-order valence-electron chi connectivity index (χ2n) is 3.72. The average Bonchev–Trinajstić information content (AvgIpc) is 2.80. The van der Waals surface area contributed by atoms with Crippen molar-refractivity contribution in [1.29, 1.82) is 0 Å². The van der Waals surface area contributed by atoms with Crippen LogP contribution in [0.3, 0.4) is 0 Å². The minimum Gasteiger partial charge on any atom is -0.478 e. The van der Waals surface area contributed by atoms with Crippen molar-refractivity contribution in [2.24, 2.45) is 0 Å². The first kappa shape index (κ1) is 11.2. The molecule has 88 valence electrons. The van der Waals surface area contributed by atoms with Crippen molar-refractivity contribution in [1.82, 2.24) is 9.97 Å². The third-order valence-corrected chi connectivity index (χ3v) is 2.49. The van der Waals surface area contributed by atoms with E-state index in [1.165, 1.54) is 0 Å². The van der Waals surface area contributed by atoms with E-state index < -0.39 is 5.97 Å². The molecule has 1 aromatic carbocycles. The summed E-state index contributed by atoms with van der Waals surface area (Å²) in [5.41, 5.74) is 2.08. The Bertz CT molecular complexity index is 521. The number of carboxylic acids is 1. The monoisotopic (exact) mass is 231 g/mol. The van der Waals surface area contributed by atoms with Crippen LogP contribution < -0.4 is 5.32 Å². The third kappa shape index (κ3) is 2.63. The van der Waals surface area contributed by atoms with Crippen molar-refractivity contribution in [2.75, 3.05) is 5.32 Å². The molecule has 5 heteroatoms. The summed E-state index contributed by atoms with van der Waals surface area (Å²) >= 11 is 0. The summed E-state index contributed by atoms with van der Waals surface area (Å²) in [7, 11) is 0. The van der Waals surface area contributed by atoms with Gasteiger partial charge in [0, 0.05) is 18.1 Å². The van der Waals surface area contributed by atoms with Crippen molar-refractivity contribution in [3.05, 3.63) is 47.5 Å². The van der Waals surface area contributed by atoms with Crippen LogP contribution >= 0.6 is 0 Å². The summed E-state index contributed by atoms with van der Waals surface area (Å²) < 4.78 is 0. The fourth-order valence-corrected chi connectivity index (χ4v) is 1.52. The van der Waals surface area contributed by atoms with Gasteiger partial charge in [-0.3, -0.25) is 0 Å². The van der Waals surface area contributed by atoms with Crippen LogP contribution in [0, 0.1) is 6.92 Å². The van der Waals surface area contributed by atoms with Crippen molar-refractivity contribution in [2.45, 2.75) is 13.5 Å². The van der Waals surface area contributed by atoms with Gasteiger partial charge in [-0.1, -0.05) is 6.07 Å². The predicted octanol–water partition coefficient (Wildman–Crippen LogP) is 2.03. The zero-order valence-electron chi connectivity index (χ0n) is 9.40. The molecule has 0 unspecified atom stereocenters. The molecule has 0 aliphatic rings. The van der Waals surface area contributed by atoms with E-state index in [0.717, 1.165) is 17.1 Å². The number of hydrogen-bond donors (Lipinski definition) is 3. The van der Waals surface area contributed by atoms with E-state index >= 15 is 0 Å². The zero-order chi connectivity index (χ0) is 12.3. The van der Waals surface area contributed by atoms with Gasteiger partial charge in [0.1, 0.15) is 5.82 Å². The van der Waals surface area contributed by atoms with Crippen molar-refractivity contribution in [3.8, 4) is 0 Å². The van der Waals surface area contributed by atoms with Gasteiger partial charge in [-0.25, -0.2) is 9.78 Å². The van der Waals surface area contributed by atoms with E-state index in [1.54, 1.807) is 30.6 Å². The minimum atomic E-state index is -0.925.